The average molecular weight is 158 g/mol. The summed E-state index contributed by atoms with van der Waals surface area (Å²) in [7, 11) is 0. The molecule has 0 fully saturated rings. The van der Waals surface area contributed by atoms with E-state index < -0.39 is 11.7 Å². The molecule has 1 rings (SSSR count). The molecule has 1 aliphatic rings. The molecule has 0 aromatic carbocycles. The van der Waals surface area contributed by atoms with E-state index in [0.717, 1.165) is 0 Å². The molecule has 11 heavy (non-hydrogen) atoms. The van der Waals surface area contributed by atoms with E-state index in [0.29, 0.717) is 6.29 Å². The maximum Gasteiger partial charge on any atom is 0.152 e. The Balaban J connectivity index is 2.64. The van der Waals surface area contributed by atoms with Gasteiger partial charge < -0.3 is 19.7 Å². The SMILES string of the molecule is O=CC1C=CC(CO)(CO)O1. The summed E-state index contributed by atoms with van der Waals surface area (Å²) in [5, 5.41) is 17.6. The predicted octanol–water partition coefficient (Wildman–Crippen LogP) is -1.14. The van der Waals surface area contributed by atoms with Crippen LogP contribution in [0.3, 0.4) is 0 Å². The summed E-state index contributed by atoms with van der Waals surface area (Å²) in [6, 6.07) is 0. The monoisotopic (exact) mass is 158 g/mol. The Bertz CT molecular complexity index is 171. The zero-order chi connectivity index (χ0) is 8.32. The van der Waals surface area contributed by atoms with Gasteiger partial charge in [-0.2, -0.15) is 0 Å². The van der Waals surface area contributed by atoms with Gasteiger partial charge in [0.25, 0.3) is 0 Å². The van der Waals surface area contributed by atoms with Crippen molar-refractivity contribution in [2.24, 2.45) is 0 Å². The van der Waals surface area contributed by atoms with Gasteiger partial charge in [-0.25, -0.2) is 0 Å². The highest BCUT2D eigenvalue weighted by Gasteiger charge is 2.34. The number of carbonyl (C=O) groups is 1. The topological polar surface area (TPSA) is 66.8 Å². The average Bonchev–Trinajstić information content (AvgIpc) is 2.49. The lowest BCUT2D eigenvalue weighted by Gasteiger charge is -2.22. The highest BCUT2D eigenvalue weighted by Crippen LogP contribution is 2.21. The summed E-state index contributed by atoms with van der Waals surface area (Å²) in [5.41, 5.74) is -1.05. The standard InChI is InChI=1S/C7H10O4/c8-3-6-1-2-7(4-9,5-10)11-6/h1-3,6,9-10H,4-5H2. The zero-order valence-corrected chi connectivity index (χ0v) is 5.93. The molecular weight excluding hydrogens is 148 g/mol. The van der Waals surface area contributed by atoms with Crippen molar-refractivity contribution in [2.75, 3.05) is 13.2 Å². The number of rotatable bonds is 3. The van der Waals surface area contributed by atoms with Crippen molar-refractivity contribution in [3.8, 4) is 0 Å². The molecular formula is C7H10O4. The van der Waals surface area contributed by atoms with Gasteiger partial charge in [-0.05, 0) is 12.2 Å². The smallest absolute Gasteiger partial charge is 0.152 e. The molecule has 0 aliphatic carbocycles. The van der Waals surface area contributed by atoms with Crippen LogP contribution in [0.15, 0.2) is 12.2 Å². The lowest BCUT2D eigenvalue weighted by Crippen LogP contribution is -2.37. The first kappa shape index (κ1) is 8.39. The van der Waals surface area contributed by atoms with E-state index >= 15 is 0 Å². The van der Waals surface area contributed by atoms with Gasteiger partial charge in [0.05, 0.1) is 13.2 Å². The van der Waals surface area contributed by atoms with E-state index in [4.69, 9.17) is 14.9 Å². The van der Waals surface area contributed by atoms with Crippen molar-refractivity contribution >= 4 is 6.29 Å². The van der Waals surface area contributed by atoms with Gasteiger partial charge in [0.1, 0.15) is 11.7 Å². The summed E-state index contributed by atoms with van der Waals surface area (Å²) in [5.74, 6) is 0. The van der Waals surface area contributed by atoms with Crippen LogP contribution in [0.25, 0.3) is 0 Å². The van der Waals surface area contributed by atoms with Gasteiger partial charge in [0.2, 0.25) is 0 Å². The van der Waals surface area contributed by atoms with Crippen LogP contribution in [0, 0.1) is 0 Å². The first-order chi connectivity index (χ1) is 5.26. The van der Waals surface area contributed by atoms with Crippen LogP contribution in [0.5, 0.6) is 0 Å². The molecule has 0 aromatic heterocycles. The van der Waals surface area contributed by atoms with Crippen LogP contribution in [0.2, 0.25) is 0 Å². The maximum absolute atomic E-state index is 10.2. The third-order valence-corrected chi connectivity index (χ3v) is 1.63. The van der Waals surface area contributed by atoms with Crippen LogP contribution >= 0.6 is 0 Å². The van der Waals surface area contributed by atoms with Crippen molar-refractivity contribution in [2.45, 2.75) is 11.7 Å². The van der Waals surface area contributed by atoms with Gasteiger partial charge in [-0.15, -0.1) is 0 Å². The number of carbonyl (C=O) groups excluding carboxylic acids is 1. The van der Waals surface area contributed by atoms with Gasteiger partial charge in [0.15, 0.2) is 6.29 Å². The second-order valence-corrected chi connectivity index (χ2v) is 2.46. The molecule has 0 amide bonds. The fourth-order valence-electron chi connectivity index (χ4n) is 0.923. The zero-order valence-electron chi connectivity index (χ0n) is 5.93. The Kier molecular flexibility index (Phi) is 2.38. The first-order valence-corrected chi connectivity index (χ1v) is 3.30. The maximum atomic E-state index is 10.2. The Morgan fingerprint density at radius 2 is 2.18 bits per heavy atom. The van der Waals surface area contributed by atoms with Crippen LogP contribution in [0.1, 0.15) is 0 Å². The van der Waals surface area contributed by atoms with E-state index in [9.17, 15) is 4.79 Å². The Morgan fingerprint density at radius 1 is 1.55 bits per heavy atom. The van der Waals surface area contributed by atoms with Crippen LogP contribution in [-0.2, 0) is 9.53 Å². The van der Waals surface area contributed by atoms with Crippen molar-refractivity contribution in [1.29, 1.82) is 0 Å². The molecule has 0 saturated carbocycles. The van der Waals surface area contributed by atoms with Crippen molar-refractivity contribution in [1.82, 2.24) is 0 Å². The molecule has 2 N–H and O–H groups in total. The van der Waals surface area contributed by atoms with E-state index in [-0.39, 0.29) is 13.2 Å². The van der Waals surface area contributed by atoms with Crippen LogP contribution in [-0.4, -0.2) is 41.4 Å². The Hall–Kier alpha value is -0.710. The highest BCUT2D eigenvalue weighted by molar-refractivity contribution is 5.60. The number of hydrogen-bond acceptors (Lipinski definition) is 4. The van der Waals surface area contributed by atoms with Gasteiger partial charge in [-0.3, -0.25) is 0 Å². The molecule has 0 saturated heterocycles. The minimum absolute atomic E-state index is 0.315. The van der Waals surface area contributed by atoms with Crippen molar-refractivity contribution in [3.05, 3.63) is 12.2 Å². The van der Waals surface area contributed by atoms with Crippen LogP contribution < -0.4 is 0 Å². The van der Waals surface area contributed by atoms with E-state index in [1.165, 1.54) is 12.2 Å². The molecule has 1 unspecified atom stereocenters. The highest BCUT2D eigenvalue weighted by atomic mass is 16.5. The predicted molar refractivity (Wildman–Crippen MR) is 37.0 cm³/mol. The van der Waals surface area contributed by atoms with E-state index in [1.54, 1.807) is 0 Å². The Morgan fingerprint density at radius 3 is 2.45 bits per heavy atom. The molecule has 1 aliphatic heterocycles. The van der Waals surface area contributed by atoms with Gasteiger partial charge in [-0.1, -0.05) is 0 Å². The van der Waals surface area contributed by atoms with E-state index in [1.807, 2.05) is 0 Å². The molecule has 1 heterocycles. The second kappa shape index (κ2) is 3.13. The minimum atomic E-state index is -1.05. The molecule has 4 heteroatoms. The minimum Gasteiger partial charge on any atom is -0.393 e. The van der Waals surface area contributed by atoms with Crippen LogP contribution in [0.4, 0.5) is 0 Å². The van der Waals surface area contributed by atoms with Gasteiger partial charge in [0, 0.05) is 0 Å². The fraction of sp³-hybridized carbons (Fsp3) is 0.571. The fourth-order valence-corrected chi connectivity index (χ4v) is 0.923. The molecule has 4 nitrogen and oxygen atoms in total. The molecule has 0 radical (unpaired) electrons. The number of hydrogen-bond donors (Lipinski definition) is 2. The largest absolute Gasteiger partial charge is 0.393 e. The summed E-state index contributed by atoms with van der Waals surface area (Å²) in [6.45, 7) is -0.630. The summed E-state index contributed by atoms with van der Waals surface area (Å²) < 4.78 is 5.02. The molecule has 62 valence electrons. The molecule has 0 spiro atoms. The number of aliphatic hydroxyl groups is 2. The summed E-state index contributed by atoms with van der Waals surface area (Å²) >= 11 is 0. The quantitative estimate of drug-likeness (QED) is 0.402. The Labute approximate surface area is 64.1 Å². The van der Waals surface area contributed by atoms with Gasteiger partial charge >= 0.3 is 0 Å². The lowest BCUT2D eigenvalue weighted by atomic mass is 10.1. The molecule has 1 atom stereocenters. The first-order valence-electron chi connectivity index (χ1n) is 3.30. The molecule has 0 bridgehead atoms. The van der Waals surface area contributed by atoms with Crippen molar-refractivity contribution in [3.63, 3.8) is 0 Å². The molecule has 0 aromatic rings. The third-order valence-electron chi connectivity index (χ3n) is 1.63. The summed E-state index contributed by atoms with van der Waals surface area (Å²) in [6.07, 6.45) is 3.00. The summed E-state index contributed by atoms with van der Waals surface area (Å²) in [4.78, 5) is 10.2. The lowest BCUT2D eigenvalue weighted by molar-refractivity contribution is -0.127. The van der Waals surface area contributed by atoms with E-state index in [2.05, 4.69) is 0 Å². The third kappa shape index (κ3) is 1.48. The number of aliphatic hydroxyl groups excluding tert-OH is 2. The van der Waals surface area contributed by atoms with Crippen molar-refractivity contribution < 1.29 is 19.7 Å². The number of aldehydes is 1. The normalized spacial score (nSPS) is 27.3. The second-order valence-electron chi connectivity index (χ2n) is 2.46. The number of ether oxygens (including phenoxy) is 1.